The van der Waals surface area contributed by atoms with Gasteiger partial charge in [-0.2, -0.15) is 0 Å². The number of benzene rings is 1. The first-order chi connectivity index (χ1) is 6.24. The molecule has 0 aliphatic rings. The minimum Gasteiger partial charge on any atom is -0.347 e. The minimum absolute atomic E-state index is 0.447. The van der Waals surface area contributed by atoms with Gasteiger partial charge in [-0.1, -0.05) is 31.5 Å². The predicted octanol–water partition coefficient (Wildman–Crippen LogP) is 1.33. The van der Waals surface area contributed by atoms with E-state index in [1.54, 1.807) is 0 Å². The van der Waals surface area contributed by atoms with Crippen LogP contribution in [0.15, 0.2) is 29.2 Å². The van der Waals surface area contributed by atoms with Crippen molar-refractivity contribution >= 4 is 10.8 Å². The lowest BCUT2D eigenvalue weighted by atomic mass is 10.2. The molecule has 1 rings (SSSR count). The molecule has 0 spiro atoms. The normalized spacial score (nSPS) is 11.4. The molecule has 1 unspecified atom stereocenters. The molecule has 0 aromatic heterocycles. The van der Waals surface area contributed by atoms with Crippen LogP contribution in [0.1, 0.15) is 19.4 Å². The Hall–Kier alpha value is -0.670. The zero-order chi connectivity index (χ0) is 10.3. The van der Waals surface area contributed by atoms with Gasteiger partial charge in [-0.3, -0.25) is 0 Å². The summed E-state index contributed by atoms with van der Waals surface area (Å²) in [6, 6.07) is 7.69. The summed E-state index contributed by atoms with van der Waals surface area (Å²) in [6.45, 7) is 6.01. The van der Waals surface area contributed by atoms with Gasteiger partial charge in [-0.05, 0) is 19.1 Å². The van der Waals surface area contributed by atoms with E-state index in [1.807, 2.05) is 45.0 Å². The summed E-state index contributed by atoms with van der Waals surface area (Å²) in [7, 11) is -0.910. The quantitative estimate of drug-likeness (QED) is 0.769. The third-order valence-electron chi connectivity index (χ3n) is 1.47. The smallest absolute Gasteiger partial charge is 0.154 e. The Bertz CT molecular complexity index is 256. The summed E-state index contributed by atoms with van der Waals surface area (Å²) in [5, 5.41) is 0. The molecular weight excluding hydrogens is 182 g/mol. The van der Waals surface area contributed by atoms with Crippen LogP contribution in [0, 0.1) is 6.92 Å². The molecule has 0 aliphatic carbocycles. The van der Waals surface area contributed by atoms with Gasteiger partial charge in [0.15, 0.2) is 5.88 Å². The highest BCUT2D eigenvalue weighted by Crippen LogP contribution is 2.06. The van der Waals surface area contributed by atoms with Gasteiger partial charge in [0.1, 0.15) is 10.8 Å². The van der Waals surface area contributed by atoms with Gasteiger partial charge in [0, 0.05) is 4.90 Å². The second kappa shape index (κ2) is 6.80. The van der Waals surface area contributed by atoms with Crippen LogP contribution in [0.25, 0.3) is 0 Å². The highest BCUT2D eigenvalue weighted by Gasteiger charge is 2.00. The van der Waals surface area contributed by atoms with Gasteiger partial charge in [0.2, 0.25) is 0 Å². The van der Waals surface area contributed by atoms with Crippen LogP contribution in [-0.4, -0.2) is 10.1 Å². The Kier molecular flexibility index (Phi) is 6.45. The molecule has 0 bridgehead atoms. The van der Waals surface area contributed by atoms with E-state index in [-0.39, 0.29) is 0 Å². The molecule has 13 heavy (non-hydrogen) atoms. The van der Waals surface area contributed by atoms with E-state index in [4.69, 9.17) is 0 Å². The van der Waals surface area contributed by atoms with Crippen molar-refractivity contribution in [1.82, 2.24) is 0 Å². The van der Waals surface area contributed by atoms with Crippen molar-refractivity contribution in [2.24, 2.45) is 0 Å². The van der Waals surface area contributed by atoms with E-state index in [0.717, 1.165) is 4.90 Å². The average molecular weight is 200 g/mol. The summed E-state index contributed by atoms with van der Waals surface area (Å²) < 4.78 is 11.2. The predicted molar refractivity (Wildman–Crippen MR) is 56.7 cm³/mol. The fourth-order valence-electron chi connectivity index (χ4n) is 0.808. The van der Waals surface area contributed by atoms with Crippen molar-refractivity contribution < 1.29 is 9.94 Å². The third-order valence-corrected chi connectivity index (χ3v) is 2.64. The fraction of sp³-hybridized carbons (Fsp3) is 0.400. The molecule has 0 saturated heterocycles. The number of aryl methyl sites for hydroxylation is 1. The molecule has 0 saturated carbocycles. The van der Waals surface area contributed by atoms with Crippen molar-refractivity contribution in [3.05, 3.63) is 29.8 Å². The maximum atomic E-state index is 11.2. The SMILES string of the molecule is CC.Cc1ccc(S(=O)C[NH3+])cc1. The van der Waals surface area contributed by atoms with Crippen LogP contribution in [0.2, 0.25) is 0 Å². The molecule has 0 fully saturated rings. The topological polar surface area (TPSA) is 44.7 Å². The third kappa shape index (κ3) is 4.20. The first-order valence-corrected chi connectivity index (χ1v) is 5.80. The molecular formula is C10H18NOS+. The fourth-order valence-corrected chi connectivity index (χ4v) is 1.48. The molecule has 74 valence electrons. The van der Waals surface area contributed by atoms with Gasteiger partial charge in [-0.15, -0.1) is 0 Å². The van der Waals surface area contributed by atoms with Crippen molar-refractivity contribution in [3.8, 4) is 0 Å². The molecule has 0 amide bonds. The van der Waals surface area contributed by atoms with Crippen LogP contribution in [-0.2, 0) is 10.8 Å². The van der Waals surface area contributed by atoms with E-state index in [0.29, 0.717) is 5.88 Å². The van der Waals surface area contributed by atoms with Crippen molar-refractivity contribution in [1.29, 1.82) is 0 Å². The van der Waals surface area contributed by atoms with E-state index in [9.17, 15) is 4.21 Å². The molecule has 1 aromatic carbocycles. The molecule has 1 aromatic rings. The van der Waals surface area contributed by atoms with Gasteiger partial charge in [0.25, 0.3) is 0 Å². The molecule has 0 aliphatic heterocycles. The summed E-state index contributed by atoms with van der Waals surface area (Å²) in [5.74, 6) is 0.447. The van der Waals surface area contributed by atoms with Gasteiger partial charge < -0.3 is 5.73 Å². The maximum Gasteiger partial charge on any atom is 0.154 e. The molecule has 3 N–H and O–H groups in total. The van der Waals surface area contributed by atoms with Crippen LogP contribution in [0.5, 0.6) is 0 Å². The van der Waals surface area contributed by atoms with E-state index >= 15 is 0 Å². The summed E-state index contributed by atoms with van der Waals surface area (Å²) in [4.78, 5) is 0.866. The Morgan fingerprint density at radius 1 is 1.23 bits per heavy atom. The standard InChI is InChI=1S/C8H11NOS.C2H6/c1-7-2-4-8(5-3-7)11(10)6-9;1-2/h2-5H,6,9H2,1H3;1-2H3/p+1. The van der Waals surface area contributed by atoms with Crippen molar-refractivity contribution in [3.63, 3.8) is 0 Å². The Labute approximate surface area is 82.6 Å². The van der Waals surface area contributed by atoms with Crippen molar-refractivity contribution in [2.75, 3.05) is 5.88 Å². The van der Waals surface area contributed by atoms with Crippen LogP contribution in [0.3, 0.4) is 0 Å². The highest BCUT2D eigenvalue weighted by atomic mass is 32.2. The second-order valence-corrected chi connectivity index (χ2v) is 3.93. The first-order valence-electron chi connectivity index (χ1n) is 4.48. The number of rotatable bonds is 2. The Morgan fingerprint density at radius 2 is 1.69 bits per heavy atom. The number of quaternary nitrogens is 1. The summed E-state index contributed by atoms with van der Waals surface area (Å²) >= 11 is 0. The highest BCUT2D eigenvalue weighted by molar-refractivity contribution is 7.84. The minimum atomic E-state index is -0.910. The summed E-state index contributed by atoms with van der Waals surface area (Å²) in [6.07, 6.45) is 0. The van der Waals surface area contributed by atoms with Crippen LogP contribution < -0.4 is 5.73 Å². The average Bonchev–Trinajstić information content (AvgIpc) is 2.21. The maximum absolute atomic E-state index is 11.2. The zero-order valence-corrected chi connectivity index (χ0v) is 9.36. The molecule has 2 nitrogen and oxygen atoms in total. The second-order valence-electron chi connectivity index (χ2n) is 2.36. The zero-order valence-electron chi connectivity index (χ0n) is 8.54. The van der Waals surface area contributed by atoms with E-state index in [1.165, 1.54) is 5.56 Å². The largest absolute Gasteiger partial charge is 0.347 e. The molecule has 1 atom stereocenters. The number of hydrogen-bond donors (Lipinski definition) is 1. The lowest BCUT2D eigenvalue weighted by Crippen LogP contribution is -2.52. The van der Waals surface area contributed by atoms with Gasteiger partial charge >= 0.3 is 0 Å². The lowest BCUT2D eigenvalue weighted by Gasteiger charge is -1.96. The van der Waals surface area contributed by atoms with Gasteiger partial charge in [0.05, 0.1) is 0 Å². The van der Waals surface area contributed by atoms with Crippen LogP contribution in [0.4, 0.5) is 0 Å². The number of hydrogen-bond acceptors (Lipinski definition) is 1. The lowest BCUT2D eigenvalue weighted by molar-refractivity contribution is -0.339. The molecule has 0 radical (unpaired) electrons. The van der Waals surface area contributed by atoms with Gasteiger partial charge in [-0.25, -0.2) is 4.21 Å². The Balaban J connectivity index is 0.000000671. The molecule has 3 heteroatoms. The van der Waals surface area contributed by atoms with E-state index in [2.05, 4.69) is 5.73 Å². The monoisotopic (exact) mass is 200 g/mol. The first kappa shape index (κ1) is 12.3. The van der Waals surface area contributed by atoms with Crippen molar-refractivity contribution in [2.45, 2.75) is 25.7 Å². The van der Waals surface area contributed by atoms with E-state index < -0.39 is 10.8 Å². The molecule has 0 heterocycles. The Morgan fingerprint density at radius 3 is 2.08 bits per heavy atom. The summed E-state index contributed by atoms with van der Waals surface area (Å²) in [5.41, 5.74) is 4.77. The van der Waals surface area contributed by atoms with Crippen LogP contribution >= 0.6 is 0 Å².